The molecule has 0 radical (unpaired) electrons. The van der Waals surface area contributed by atoms with E-state index in [-0.39, 0.29) is 11.7 Å². The summed E-state index contributed by atoms with van der Waals surface area (Å²) in [6.07, 6.45) is 4.48. The van der Waals surface area contributed by atoms with E-state index >= 15 is 0 Å². The van der Waals surface area contributed by atoms with Crippen molar-refractivity contribution < 1.29 is 22.7 Å². The number of carbonyl (C=O) groups excluding carboxylic acids is 1. The van der Waals surface area contributed by atoms with Crippen LogP contribution in [0.3, 0.4) is 0 Å². The van der Waals surface area contributed by atoms with E-state index in [0.717, 1.165) is 11.1 Å². The van der Waals surface area contributed by atoms with Crippen molar-refractivity contribution in [1.82, 2.24) is 5.32 Å². The summed E-state index contributed by atoms with van der Waals surface area (Å²) >= 11 is 0. The number of anilines is 1. The van der Waals surface area contributed by atoms with Crippen LogP contribution < -0.4 is 19.1 Å². The van der Waals surface area contributed by atoms with E-state index in [4.69, 9.17) is 9.47 Å². The van der Waals surface area contributed by atoms with E-state index in [2.05, 4.69) is 5.32 Å². The minimum atomic E-state index is -3.18. The standard InChI is InChI=1S/C22H26N2O5S/c1-28-20-10-6-18(16-21(20)29-2)12-13-23-22(25)11-7-17-4-8-19(9-5-17)24-14-3-15-30(24,26)27/h4-11,16H,3,12-15H2,1-2H3,(H,23,25)/b11-7+. The lowest BCUT2D eigenvalue weighted by atomic mass is 10.1. The molecule has 8 heteroatoms. The Morgan fingerprint density at radius 1 is 1.10 bits per heavy atom. The number of hydrogen-bond donors (Lipinski definition) is 1. The van der Waals surface area contributed by atoms with Gasteiger partial charge in [0.1, 0.15) is 0 Å². The molecule has 1 aliphatic heterocycles. The second kappa shape index (κ2) is 9.67. The van der Waals surface area contributed by atoms with Crippen molar-refractivity contribution in [2.45, 2.75) is 12.8 Å². The number of hydrogen-bond acceptors (Lipinski definition) is 5. The van der Waals surface area contributed by atoms with Crippen molar-refractivity contribution in [3.8, 4) is 11.5 Å². The van der Waals surface area contributed by atoms with Gasteiger partial charge in [-0.2, -0.15) is 0 Å². The van der Waals surface area contributed by atoms with Gasteiger partial charge in [-0.15, -0.1) is 0 Å². The fourth-order valence-electron chi connectivity index (χ4n) is 3.28. The minimum Gasteiger partial charge on any atom is -0.493 e. The van der Waals surface area contributed by atoms with Gasteiger partial charge in [0.2, 0.25) is 15.9 Å². The van der Waals surface area contributed by atoms with Crippen LogP contribution in [0.4, 0.5) is 5.69 Å². The maximum absolute atomic E-state index is 12.1. The van der Waals surface area contributed by atoms with Crippen molar-refractivity contribution in [2.75, 3.05) is 37.4 Å². The van der Waals surface area contributed by atoms with Crippen molar-refractivity contribution in [3.63, 3.8) is 0 Å². The van der Waals surface area contributed by atoms with Gasteiger partial charge in [0.05, 0.1) is 25.7 Å². The van der Waals surface area contributed by atoms with Gasteiger partial charge in [-0.25, -0.2) is 8.42 Å². The summed E-state index contributed by atoms with van der Waals surface area (Å²) in [5.74, 6) is 1.33. The van der Waals surface area contributed by atoms with Gasteiger partial charge in [0, 0.05) is 19.2 Å². The fraction of sp³-hybridized carbons (Fsp3) is 0.318. The van der Waals surface area contributed by atoms with Crippen molar-refractivity contribution >= 4 is 27.7 Å². The second-order valence-electron chi connectivity index (χ2n) is 6.90. The van der Waals surface area contributed by atoms with Gasteiger partial charge in [-0.1, -0.05) is 18.2 Å². The van der Waals surface area contributed by atoms with Gasteiger partial charge in [-0.05, 0) is 54.3 Å². The smallest absolute Gasteiger partial charge is 0.244 e. The molecule has 1 saturated heterocycles. The van der Waals surface area contributed by atoms with Crippen LogP contribution in [0.25, 0.3) is 6.08 Å². The van der Waals surface area contributed by atoms with Crippen LogP contribution in [-0.2, 0) is 21.2 Å². The number of benzene rings is 2. The lowest BCUT2D eigenvalue weighted by Gasteiger charge is -2.16. The third-order valence-electron chi connectivity index (χ3n) is 4.87. The molecule has 7 nitrogen and oxygen atoms in total. The molecule has 1 heterocycles. The van der Waals surface area contributed by atoms with Crippen LogP contribution in [-0.4, -0.2) is 47.4 Å². The second-order valence-corrected chi connectivity index (χ2v) is 8.91. The zero-order chi connectivity index (χ0) is 21.6. The topological polar surface area (TPSA) is 84.9 Å². The average molecular weight is 431 g/mol. The molecule has 1 fully saturated rings. The first-order valence-corrected chi connectivity index (χ1v) is 11.3. The maximum atomic E-state index is 12.1. The monoisotopic (exact) mass is 430 g/mol. The van der Waals surface area contributed by atoms with E-state index in [9.17, 15) is 13.2 Å². The number of amides is 1. The van der Waals surface area contributed by atoms with Gasteiger partial charge >= 0.3 is 0 Å². The number of sulfonamides is 1. The highest BCUT2D eigenvalue weighted by atomic mass is 32.2. The summed E-state index contributed by atoms with van der Waals surface area (Å²) in [5.41, 5.74) is 2.51. The van der Waals surface area contributed by atoms with E-state index in [1.165, 1.54) is 10.4 Å². The molecule has 1 N–H and O–H groups in total. The molecule has 30 heavy (non-hydrogen) atoms. The van der Waals surface area contributed by atoms with Gasteiger partial charge in [0.15, 0.2) is 11.5 Å². The summed E-state index contributed by atoms with van der Waals surface area (Å²) in [5, 5.41) is 2.85. The first kappa shape index (κ1) is 21.7. The largest absolute Gasteiger partial charge is 0.493 e. The maximum Gasteiger partial charge on any atom is 0.244 e. The molecule has 0 saturated carbocycles. The molecule has 0 atom stereocenters. The predicted octanol–water partition coefficient (Wildman–Crippen LogP) is 2.62. The zero-order valence-corrected chi connectivity index (χ0v) is 17.9. The Bertz CT molecular complexity index is 1020. The van der Waals surface area contributed by atoms with Crippen LogP contribution >= 0.6 is 0 Å². The highest BCUT2D eigenvalue weighted by molar-refractivity contribution is 7.93. The van der Waals surface area contributed by atoms with E-state index < -0.39 is 10.0 Å². The molecule has 160 valence electrons. The Balaban J connectivity index is 1.50. The van der Waals surface area contributed by atoms with Crippen LogP contribution in [0.5, 0.6) is 11.5 Å². The number of nitrogens with one attached hydrogen (secondary N) is 1. The molecular formula is C22H26N2O5S. The molecule has 1 aliphatic rings. The lowest BCUT2D eigenvalue weighted by molar-refractivity contribution is -0.116. The fourth-order valence-corrected chi connectivity index (χ4v) is 4.84. The highest BCUT2D eigenvalue weighted by Crippen LogP contribution is 2.27. The average Bonchev–Trinajstić information content (AvgIpc) is 3.11. The first-order chi connectivity index (χ1) is 14.4. The molecule has 2 aromatic rings. The number of ether oxygens (including phenoxy) is 2. The summed E-state index contributed by atoms with van der Waals surface area (Å²) < 4.78 is 35.9. The summed E-state index contributed by atoms with van der Waals surface area (Å²) in [4.78, 5) is 12.1. The van der Waals surface area contributed by atoms with Crippen LogP contribution in [0.2, 0.25) is 0 Å². The number of methoxy groups -OCH3 is 2. The third kappa shape index (κ3) is 5.33. The van der Waals surface area contributed by atoms with Crippen LogP contribution in [0, 0.1) is 0 Å². The summed E-state index contributed by atoms with van der Waals surface area (Å²) in [7, 11) is -0.00676. The van der Waals surface area contributed by atoms with Gasteiger partial charge < -0.3 is 14.8 Å². The number of carbonyl (C=O) groups is 1. The Morgan fingerprint density at radius 2 is 1.83 bits per heavy atom. The van der Waals surface area contributed by atoms with Gasteiger partial charge in [0.25, 0.3) is 0 Å². The van der Waals surface area contributed by atoms with Crippen molar-refractivity contribution in [2.24, 2.45) is 0 Å². The molecular weight excluding hydrogens is 404 g/mol. The Morgan fingerprint density at radius 3 is 2.47 bits per heavy atom. The van der Waals surface area contributed by atoms with Crippen molar-refractivity contribution in [1.29, 1.82) is 0 Å². The van der Waals surface area contributed by atoms with Gasteiger partial charge in [-0.3, -0.25) is 9.10 Å². The first-order valence-electron chi connectivity index (χ1n) is 9.70. The molecule has 0 bridgehead atoms. The Labute approximate surface area is 177 Å². The molecule has 0 unspecified atom stereocenters. The quantitative estimate of drug-likeness (QED) is 0.651. The number of rotatable bonds is 8. The lowest BCUT2D eigenvalue weighted by Crippen LogP contribution is -2.24. The Kier molecular flexibility index (Phi) is 6.99. The molecule has 0 aromatic heterocycles. The van der Waals surface area contributed by atoms with E-state index in [1.807, 2.05) is 18.2 Å². The van der Waals surface area contributed by atoms with Crippen LogP contribution in [0.1, 0.15) is 17.5 Å². The normalized spacial score (nSPS) is 15.3. The van der Waals surface area contributed by atoms with E-state index in [0.29, 0.717) is 43.1 Å². The summed E-state index contributed by atoms with van der Waals surface area (Å²) in [6.45, 7) is 1.00. The third-order valence-corrected chi connectivity index (χ3v) is 6.74. The molecule has 0 aliphatic carbocycles. The zero-order valence-electron chi connectivity index (χ0n) is 17.1. The number of nitrogens with zero attached hydrogens (tertiary/aromatic N) is 1. The highest BCUT2D eigenvalue weighted by Gasteiger charge is 2.28. The molecule has 0 spiro atoms. The molecule has 2 aromatic carbocycles. The summed E-state index contributed by atoms with van der Waals surface area (Å²) in [6, 6.07) is 12.8. The Hall–Kier alpha value is -3.00. The van der Waals surface area contributed by atoms with Crippen LogP contribution in [0.15, 0.2) is 48.5 Å². The minimum absolute atomic E-state index is 0.193. The molecule has 1 amide bonds. The van der Waals surface area contributed by atoms with E-state index in [1.54, 1.807) is 44.6 Å². The van der Waals surface area contributed by atoms with Crippen molar-refractivity contribution in [3.05, 3.63) is 59.7 Å². The molecule has 3 rings (SSSR count). The SMILES string of the molecule is COc1ccc(CCNC(=O)/C=C/c2ccc(N3CCCS3(=O)=O)cc2)cc1OC. The predicted molar refractivity (Wildman–Crippen MR) is 117 cm³/mol.